The highest BCUT2D eigenvalue weighted by atomic mass is 35.5. The monoisotopic (exact) mass is 338 g/mol. The fraction of sp³-hybridized carbons (Fsp3) is 0.190. The second-order valence-corrected chi connectivity index (χ2v) is 5.72. The zero-order valence-corrected chi connectivity index (χ0v) is 15.4. The molecular weight excluding hydrogens is 316 g/mol. The number of hydrogen-bond donors (Lipinski definition) is 0. The van der Waals surface area contributed by atoms with Crippen LogP contribution in [0.4, 0.5) is 0 Å². The van der Waals surface area contributed by atoms with Crippen molar-refractivity contribution in [2.45, 2.75) is 20.8 Å². The normalized spacial score (nSPS) is 14.1. The minimum Gasteiger partial charge on any atom is -0.344 e. The number of halogens is 1. The molecule has 0 atom stereocenters. The van der Waals surface area contributed by atoms with E-state index in [2.05, 4.69) is 41.6 Å². The van der Waals surface area contributed by atoms with Crippen molar-refractivity contribution >= 4 is 22.9 Å². The van der Waals surface area contributed by atoms with E-state index in [0.717, 1.165) is 33.7 Å². The minimum absolute atomic E-state index is 0.638. The Labute approximate surface area is 149 Å². The summed E-state index contributed by atoms with van der Waals surface area (Å²) in [5.41, 5.74) is 6.43. The third-order valence-corrected chi connectivity index (χ3v) is 4.22. The predicted octanol–water partition coefficient (Wildman–Crippen LogP) is 6.03. The fourth-order valence-corrected chi connectivity index (χ4v) is 2.89. The summed E-state index contributed by atoms with van der Waals surface area (Å²) in [6.45, 7) is 10.3. The molecule has 124 valence electrons. The molecule has 1 aliphatic heterocycles. The van der Waals surface area contributed by atoms with Crippen LogP contribution in [0.2, 0.25) is 5.02 Å². The summed E-state index contributed by atoms with van der Waals surface area (Å²) in [7, 11) is 2.02. The summed E-state index contributed by atoms with van der Waals surface area (Å²) < 4.78 is 0. The minimum atomic E-state index is 0.638. The van der Waals surface area contributed by atoms with Gasteiger partial charge in [0.25, 0.3) is 0 Å². The zero-order valence-electron chi connectivity index (χ0n) is 14.7. The number of aromatic nitrogens is 1. The Morgan fingerprint density at radius 3 is 2.38 bits per heavy atom. The summed E-state index contributed by atoms with van der Waals surface area (Å²) in [4.78, 5) is 6.18. The Hall–Kier alpha value is -2.32. The summed E-state index contributed by atoms with van der Waals surface area (Å²) in [6.07, 6.45) is 5.61. The Kier molecular flexibility index (Phi) is 5.99. The van der Waals surface area contributed by atoms with Gasteiger partial charge >= 0.3 is 0 Å². The SMILES string of the molecule is C=C1C(C)=CC(c2ccccc2)=C(c2ccncc2Cl)N1C.CC. The van der Waals surface area contributed by atoms with Gasteiger partial charge in [-0.1, -0.05) is 62.4 Å². The van der Waals surface area contributed by atoms with Gasteiger partial charge in [0.05, 0.1) is 10.7 Å². The van der Waals surface area contributed by atoms with Gasteiger partial charge in [0.15, 0.2) is 0 Å². The largest absolute Gasteiger partial charge is 0.344 e. The van der Waals surface area contributed by atoms with Gasteiger partial charge in [-0.2, -0.15) is 0 Å². The van der Waals surface area contributed by atoms with Gasteiger partial charge in [-0.3, -0.25) is 4.98 Å². The van der Waals surface area contributed by atoms with Gasteiger partial charge in [0.2, 0.25) is 0 Å². The molecule has 0 bridgehead atoms. The average Bonchev–Trinajstić information content (AvgIpc) is 2.63. The number of pyridine rings is 1. The van der Waals surface area contributed by atoms with Gasteiger partial charge in [-0.15, -0.1) is 0 Å². The summed E-state index contributed by atoms with van der Waals surface area (Å²) >= 11 is 6.39. The smallest absolute Gasteiger partial charge is 0.0682 e. The van der Waals surface area contributed by atoms with Crippen LogP contribution in [-0.4, -0.2) is 16.9 Å². The van der Waals surface area contributed by atoms with Crippen molar-refractivity contribution in [2.75, 3.05) is 7.05 Å². The molecule has 0 saturated carbocycles. The highest BCUT2D eigenvalue weighted by molar-refractivity contribution is 6.32. The molecule has 0 radical (unpaired) electrons. The van der Waals surface area contributed by atoms with Crippen LogP contribution >= 0.6 is 11.6 Å². The first kappa shape index (κ1) is 18.0. The van der Waals surface area contributed by atoms with E-state index in [0.29, 0.717) is 5.02 Å². The maximum Gasteiger partial charge on any atom is 0.0682 e. The van der Waals surface area contributed by atoms with Crippen LogP contribution in [0.5, 0.6) is 0 Å². The Bertz CT molecular complexity index is 788. The van der Waals surface area contributed by atoms with Gasteiger partial charge in [-0.05, 0) is 30.2 Å². The van der Waals surface area contributed by atoms with E-state index in [1.165, 1.54) is 0 Å². The van der Waals surface area contributed by atoms with Crippen molar-refractivity contribution in [1.29, 1.82) is 0 Å². The lowest BCUT2D eigenvalue weighted by molar-refractivity contribution is 0.606. The first-order chi connectivity index (χ1) is 11.6. The third kappa shape index (κ3) is 3.44. The van der Waals surface area contributed by atoms with Crippen LogP contribution in [0, 0.1) is 0 Å². The number of hydrogen-bond acceptors (Lipinski definition) is 2. The molecule has 1 aromatic heterocycles. The maximum absolute atomic E-state index is 6.39. The lowest BCUT2D eigenvalue weighted by atomic mass is 9.93. The lowest BCUT2D eigenvalue weighted by Gasteiger charge is -2.32. The Morgan fingerprint density at radius 1 is 1.08 bits per heavy atom. The summed E-state index contributed by atoms with van der Waals surface area (Å²) in [6, 6.07) is 12.3. The van der Waals surface area contributed by atoms with E-state index in [4.69, 9.17) is 11.6 Å². The van der Waals surface area contributed by atoms with Crippen molar-refractivity contribution < 1.29 is 0 Å². The van der Waals surface area contributed by atoms with Gasteiger partial charge < -0.3 is 4.90 Å². The van der Waals surface area contributed by atoms with Gasteiger partial charge in [0, 0.05) is 36.3 Å². The first-order valence-electron chi connectivity index (χ1n) is 8.10. The molecular formula is C21H23ClN2. The molecule has 0 unspecified atom stereocenters. The van der Waals surface area contributed by atoms with Crippen LogP contribution in [0.1, 0.15) is 31.9 Å². The standard InChI is InChI=1S/C19H17ClN2.C2H6/c1-13-11-17(15-7-5-4-6-8-15)19(22(3)14(13)2)16-9-10-21-12-18(16)20;1-2/h4-12H,2H2,1,3H3;1-2H3. The van der Waals surface area contributed by atoms with Crippen molar-refractivity contribution in [3.63, 3.8) is 0 Å². The van der Waals surface area contributed by atoms with E-state index < -0.39 is 0 Å². The number of rotatable bonds is 2. The molecule has 1 aliphatic rings. The van der Waals surface area contributed by atoms with Crippen molar-refractivity contribution in [2.24, 2.45) is 0 Å². The molecule has 0 saturated heterocycles. The molecule has 24 heavy (non-hydrogen) atoms. The lowest BCUT2D eigenvalue weighted by Crippen LogP contribution is -2.21. The van der Waals surface area contributed by atoms with Crippen LogP contribution in [-0.2, 0) is 0 Å². The molecule has 2 nitrogen and oxygen atoms in total. The quantitative estimate of drug-likeness (QED) is 0.664. The number of nitrogens with zero attached hydrogens (tertiary/aromatic N) is 2. The molecule has 0 fully saturated rings. The van der Waals surface area contributed by atoms with Crippen LogP contribution in [0.3, 0.4) is 0 Å². The molecule has 0 N–H and O–H groups in total. The van der Waals surface area contributed by atoms with Crippen molar-refractivity contribution in [3.05, 3.63) is 88.9 Å². The molecule has 2 heterocycles. The maximum atomic E-state index is 6.39. The molecule has 3 heteroatoms. The number of benzene rings is 1. The first-order valence-corrected chi connectivity index (χ1v) is 8.48. The summed E-state index contributed by atoms with van der Waals surface area (Å²) in [5, 5.41) is 0.638. The molecule has 0 amide bonds. The number of allylic oxidation sites excluding steroid dienone is 3. The number of likely N-dealkylation sites (N-methyl/N-ethyl adjacent to an activating group) is 1. The second kappa shape index (κ2) is 7.98. The van der Waals surface area contributed by atoms with Crippen LogP contribution in [0.25, 0.3) is 11.3 Å². The van der Waals surface area contributed by atoms with E-state index in [-0.39, 0.29) is 0 Å². The Morgan fingerprint density at radius 2 is 1.75 bits per heavy atom. The highest BCUT2D eigenvalue weighted by Gasteiger charge is 2.23. The van der Waals surface area contributed by atoms with Crippen molar-refractivity contribution in [1.82, 2.24) is 9.88 Å². The predicted molar refractivity (Wildman–Crippen MR) is 105 cm³/mol. The molecule has 0 aliphatic carbocycles. The van der Waals surface area contributed by atoms with E-state index in [1.54, 1.807) is 12.4 Å². The van der Waals surface area contributed by atoms with Crippen molar-refractivity contribution in [3.8, 4) is 0 Å². The third-order valence-electron chi connectivity index (χ3n) is 3.92. The molecule has 3 rings (SSSR count). The summed E-state index contributed by atoms with van der Waals surface area (Å²) in [5.74, 6) is 0. The fourth-order valence-electron chi connectivity index (χ4n) is 2.68. The second-order valence-electron chi connectivity index (χ2n) is 5.32. The van der Waals surface area contributed by atoms with E-state index in [9.17, 15) is 0 Å². The van der Waals surface area contributed by atoms with Gasteiger partial charge in [-0.25, -0.2) is 0 Å². The van der Waals surface area contributed by atoms with Gasteiger partial charge in [0.1, 0.15) is 0 Å². The molecule has 0 spiro atoms. The van der Waals surface area contributed by atoms with Crippen LogP contribution in [0.15, 0.2) is 72.7 Å². The molecule has 1 aromatic carbocycles. The molecule has 2 aromatic rings. The van der Waals surface area contributed by atoms with E-state index in [1.807, 2.05) is 45.2 Å². The Balaban J connectivity index is 0.00000100. The highest BCUT2D eigenvalue weighted by Crippen LogP contribution is 2.39. The average molecular weight is 339 g/mol. The van der Waals surface area contributed by atoms with E-state index >= 15 is 0 Å². The van der Waals surface area contributed by atoms with Crippen LogP contribution < -0.4 is 0 Å². The zero-order chi connectivity index (χ0) is 17.7. The topological polar surface area (TPSA) is 16.1 Å².